The van der Waals surface area contributed by atoms with Crippen LogP contribution in [-0.2, 0) is 13.0 Å². The number of hydrogen-bond donors (Lipinski definition) is 1. The van der Waals surface area contributed by atoms with Crippen LogP contribution in [0.1, 0.15) is 21.5 Å². The van der Waals surface area contributed by atoms with E-state index in [-0.39, 0.29) is 5.91 Å². The molecule has 1 aliphatic heterocycles. The molecule has 1 amide bonds. The van der Waals surface area contributed by atoms with E-state index >= 15 is 0 Å². The van der Waals surface area contributed by atoms with Crippen molar-refractivity contribution in [3.63, 3.8) is 0 Å². The van der Waals surface area contributed by atoms with Gasteiger partial charge in [0.25, 0.3) is 5.91 Å². The maximum absolute atomic E-state index is 12.7. The zero-order valence-electron chi connectivity index (χ0n) is 11.7. The summed E-state index contributed by atoms with van der Waals surface area (Å²) < 4.78 is 0. The highest BCUT2D eigenvalue weighted by Gasteiger charge is 2.21. The predicted molar refractivity (Wildman–Crippen MR) is 83.2 cm³/mol. The quantitative estimate of drug-likeness (QED) is 0.727. The fourth-order valence-corrected chi connectivity index (χ4v) is 3.04. The van der Waals surface area contributed by atoms with E-state index in [1.54, 1.807) is 0 Å². The Morgan fingerprint density at radius 3 is 2.81 bits per heavy atom. The summed E-state index contributed by atoms with van der Waals surface area (Å²) in [7, 11) is 0. The number of H-pyrrole nitrogens is 1. The minimum Gasteiger partial charge on any atom is -0.361 e. The van der Waals surface area contributed by atoms with Crippen molar-refractivity contribution in [2.24, 2.45) is 0 Å². The summed E-state index contributed by atoms with van der Waals surface area (Å²) in [6, 6.07) is 16.2. The number of aromatic amines is 1. The van der Waals surface area contributed by atoms with Gasteiger partial charge in [-0.25, -0.2) is 0 Å². The smallest absolute Gasteiger partial charge is 0.254 e. The third-order valence-corrected chi connectivity index (χ3v) is 4.22. The Kier molecular flexibility index (Phi) is 2.78. The molecule has 0 radical (unpaired) electrons. The molecule has 2 aromatic carbocycles. The van der Waals surface area contributed by atoms with Crippen molar-refractivity contribution in [3.05, 3.63) is 71.4 Å². The number of aromatic nitrogens is 1. The van der Waals surface area contributed by atoms with Crippen molar-refractivity contribution in [2.75, 3.05) is 6.54 Å². The van der Waals surface area contributed by atoms with Crippen LogP contribution in [0.3, 0.4) is 0 Å². The topological polar surface area (TPSA) is 36.1 Å². The number of benzene rings is 2. The van der Waals surface area contributed by atoms with Gasteiger partial charge in [0.1, 0.15) is 0 Å². The maximum atomic E-state index is 12.7. The predicted octanol–water partition coefficient (Wildman–Crippen LogP) is 3.37. The molecule has 1 aliphatic rings. The van der Waals surface area contributed by atoms with Crippen molar-refractivity contribution in [1.29, 1.82) is 0 Å². The number of rotatable bonds is 1. The van der Waals surface area contributed by atoms with Crippen LogP contribution in [0.4, 0.5) is 0 Å². The summed E-state index contributed by atoms with van der Waals surface area (Å²) in [6.45, 7) is 1.50. The first-order chi connectivity index (χ1) is 10.3. The van der Waals surface area contributed by atoms with E-state index in [0.29, 0.717) is 6.54 Å². The highest BCUT2D eigenvalue weighted by Crippen LogP contribution is 2.21. The standard InChI is InChI=1S/C18H16N2O/c21-18(15-5-6-17-14(11-15)7-9-19-17)20-10-8-13-3-1-2-4-16(13)12-20/h1-7,9,11,19H,8,10,12H2. The fraction of sp³-hybridized carbons (Fsp3) is 0.167. The molecule has 0 atom stereocenters. The second-order valence-electron chi connectivity index (χ2n) is 5.53. The van der Waals surface area contributed by atoms with Gasteiger partial charge in [0.15, 0.2) is 0 Å². The van der Waals surface area contributed by atoms with E-state index in [2.05, 4.69) is 23.2 Å². The van der Waals surface area contributed by atoms with Gasteiger partial charge in [-0.05, 0) is 41.8 Å². The molecule has 3 nitrogen and oxygen atoms in total. The van der Waals surface area contributed by atoms with E-state index in [1.807, 2.05) is 41.4 Å². The molecule has 21 heavy (non-hydrogen) atoms. The summed E-state index contributed by atoms with van der Waals surface area (Å²) in [5.74, 6) is 0.118. The number of amides is 1. The Hall–Kier alpha value is -2.55. The summed E-state index contributed by atoms with van der Waals surface area (Å²) in [6.07, 6.45) is 2.84. The Bertz CT molecular complexity index is 819. The van der Waals surface area contributed by atoms with Crippen molar-refractivity contribution < 1.29 is 4.79 Å². The Morgan fingerprint density at radius 2 is 1.90 bits per heavy atom. The van der Waals surface area contributed by atoms with Crippen LogP contribution in [0, 0.1) is 0 Å². The molecule has 0 saturated carbocycles. The van der Waals surface area contributed by atoms with Gasteiger partial charge in [-0.3, -0.25) is 4.79 Å². The molecular formula is C18H16N2O. The lowest BCUT2D eigenvalue weighted by atomic mass is 9.99. The van der Waals surface area contributed by atoms with E-state index in [1.165, 1.54) is 11.1 Å². The van der Waals surface area contributed by atoms with Crippen LogP contribution < -0.4 is 0 Å². The van der Waals surface area contributed by atoms with Crippen LogP contribution in [0.25, 0.3) is 10.9 Å². The van der Waals surface area contributed by atoms with Gasteiger partial charge in [0, 0.05) is 35.8 Å². The van der Waals surface area contributed by atoms with E-state index < -0.39 is 0 Å². The summed E-state index contributed by atoms with van der Waals surface area (Å²) in [4.78, 5) is 17.8. The first kappa shape index (κ1) is 12.2. The second-order valence-corrected chi connectivity index (χ2v) is 5.53. The summed E-state index contributed by atoms with van der Waals surface area (Å²) in [5, 5.41) is 1.08. The van der Waals surface area contributed by atoms with Gasteiger partial charge in [-0.15, -0.1) is 0 Å². The molecule has 0 spiro atoms. The first-order valence-electron chi connectivity index (χ1n) is 7.24. The third kappa shape index (κ3) is 2.11. The summed E-state index contributed by atoms with van der Waals surface area (Å²) in [5.41, 5.74) is 4.46. The molecule has 1 N–H and O–H groups in total. The molecule has 2 heterocycles. The average Bonchev–Trinajstić information content (AvgIpc) is 3.01. The Balaban J connectivity index is 1.63. The molecular weight excluding hydrogens is 260 g/mol. The van der Waals surface area contributed by atoms with E-state index in [4.69, 9.17) is 0 Å². The van der Waals surface area contributed by atoms with E-state index in [0.717, 1.165) is 29.4 Å². The maximum Gasteiger partial charge on any atom is 0.254 e. The normalized spacial score (nSPS) is 14.2. The second kappa shape index (κ2) is 4.77. The largest absolute Gasteiger partial charge is 0.361 e. The molecule has 3 heteroatoms. The van der Waals surface area contributed by atoms with Crippen LogP contribution in [0.5, 0.6) is 0 Å². The molecule has 3 aromatic rings. The molecule has 0 fully saturated rings. The number of carbonyl (C=O) groups is 1. The number of hydrogen-bond acceptors (Lipinski definition) is 1. The fourth-order valence-electron chi connectivity index (χ4n) is 3.04. The molecule has 0 bridgehead atoms. The van der Waals surface area contributed by atoms with Crippen molar-refractivity contribution in [3.8, 4) is 0 Å². The van der Waals surface area contributed by atoms with Crippen LogP contribution in [-0.4, -0.2) is 22.3 Å². The van der Waals surface area contributed by atoms with Gasteiger partial charge in [0.2, 0.25) is 0 Å². The molecule has 1 aromatic heterocycles. The SMILES string of the molecule is O=C(c1ccc2[nH]ccc2c1)N1CCc2ccccc2C1. The average molecular weight is 276 g/mol. The molecule has 4 rings (SSSR count). The summed E-state index contributed by atoms with van der Waals surface area (Å²) >= 11 is 0. The lowest BCUT2D eigenvalue weighted by molar-refractivity contribution is 0.0735. The van der Waals surface area contributed by atoms with Gasteiger partial charge in [-0.2, -0.15) is 0 Å². The molecule has 0 saturated heterocycles. The number of fused-ring (bicyclic) bond motifs is 2. The van der Waals surface area contributed by atoms with Gasteiger partial charge < -0.3 is 9.88 Å². The van der Waals surface area contributed by atoms with Crippen molar-refractivity contribution in [2.45, 2.75) is 13.0 Å². The lowest BCUT2D eigenvalue weighted by Gasteiger charge is -2.29. The van der Waals surface area contributed by atoms with Gasteiger partial charge >= 0.3 is 0 Å². The van der Waals surface area contributed by atoms with Crippen LogP contribution in [0.2, 0.25) is 0 Å². The highest BCUT2D eigenvalue weighted by atomic mass is 16.2. The lowest BCUT2D eigenvalue weighted by Crippen LogP contribution is -2.35. The zero-order valence-corrected chi connectivity index (χ0v) is 11.7. The minimum absolute atomic E-state index is 0.118. The molecule has 0 aliphatic carbocycles. The monoisotopic (exact) mass is 276 g/mol. The van der Waals surface area contributed by atoms with Crippen LogP contribution >= 0.6 is 0 Å². The zero-order chi connectivity index (χ0) is 14.2. The van der Waals surface area contributed by atoms with Crippen LogP contribution in [0.15, 0.2) is 54.7 Å². The minimum atomic E-state index is 0.118. The Labute approximate surface area is 123 Å². The van der Waals surface area contributed by atoms with Crippen molar-refractivity contribution in [1.82, 2.24) is 9.88 Å². The molecule has 104 valence electrons. The van der Waals surface area contributed by atoms with E-state index in [9.17, 15) is 4.79 Å². The highest BCUT2D eigenvalue weighted by molar-refractivity contribution is 5.98. The first-order valence-corrected chi connectivity index (χ1v) is 7.24. The van der Waals surface area contributed by atoms with Gasteiger partial charge in [-0.1, -0.05) is 24.3 Å². The number of nitrogens with one attached hydrogen (secondary N) is 1. The number of nitrogens with zero attached hydrogens (tertiary/aromatic N) is 1. The Morgan fingerprint density at radius 1 is 1.05 bits per heavy atom. The van der Waals surface area contributed by atoms with Gasteiger partial charge in [0.05, 0.1) is 0 Å². The molecule has 0 unspecified atom stereocenters. The number of carbonyl (C=O) groups excluding carboxylic acids is 1. The van der Waals surface area contributed by atoms with Crippen molar-refractivity contribution >= 4 is 16.8 Å². The third-order valence-electron chi connectivity index (χ3n) is 4.22.